The van der Waals surface area contributed by atoms with Gasteiger partial charge in [-0.2, -0.15) is 0 Å². The average molecular weight is 262 g/mol. The van der Waals surface area contributed by atoms with Crippen LogP contribution in [0.4, 0.5) is 0 Å². The summed E-state index contributed by atoms with van der Waals surface area (Å²) in [7, 11) is 0. The van der Waals surface area contributed by atoms with Crippen molar-refractivity contribution in [3.05, 3.63) is 29.8 Å². The number of hydrogen-bond donors (Lipinski definition) is 1. The smallest absolute Gasteiger partial charge is 0.307 e. The molecule has 3 heteroatoms. The SMILES string of the molecule is CC1CCC(Oc2ccc(CC(=O)O)cc2)CC1C. The monoisotopic (exact) mass is 262 g/mol. The lowest BCUT2D eigenvalue weighted by molar-refractivity contribution is -0.136. The Morgan fingerprint density at radius 1 is 1.21 bits per heavy atom. The molecule has 2 rings (SSSR count). The molecule has 0 aromatic heterocycles. The van der Waals surface area contributed by atoms with E-state index in [9.17, 15) is 4.79 Å². The number of ether oxygens (including phenoxy) is 1. The van der Waals surface area contributed by atoms with E-state index < -0.39 is 5.97 Å². The predicted molar refractivity (Wildman–Crippen MR) is 74.4 cm³/mol. The zero-order valence-corrected chi connectivity index (χ0v) is 11.6. The van der Waals surface area contributed by atoms with Crippen LogP contribution in [0.1, 0.15) is 38.7 Å². The van der Waals surface area contributed by atoms with Gasteiger partial charge in [0.1, 0.15) is 5.75 Å². The molecule has 0 aliphatic heterocycles. The average Bonchev–Trinajstić information content (AvgIpc) is 2.36. The highest BCUT2D eigenvalue weighted by molar-refractivity contribution is 5.70. The van der Waals surface area contributed by atoms with Crippen LogP contribution < -0.4 is 4.74 Å². The van der Waals surface area contributed by atoms with Crippen molar-refractivity contribution >= 4 is 5.97 Å². The maximum atomic E-state index is 10.6. The molecule has 3 unspecified atom stereocenters. The summed E-state index contributed by atoms with van der Waals surface area (Å²) < 4.78 is 5.99. The highest BCUT2D eigenvalue weighted by Crippen LogP contribution is 2.31. The molecule has 1 aromatic carbocycles. The van der Waals surface area contributed by atoms with Gasteiger partial charge in [0.25, 0.3) is 0 Å². The first-order valence-electron chi connectivity index (χ1n) is 7.02. The minimum absolute atomic E-state index is 0.0677. The summed E-state index contributed by atoms with van der Waals surface area (Å²) >= 11 is 0. The molecule has 0 radical (unpaired) electrons. The fourth-order valence-electron chi connectivity index (χ4n) is 2.66. The maximum absolute atomic E-state index is 10.6. The summed E-state index contributed by atoms with van der Waals surface area (Å²) in [5.74, 6) is 1.55. The van der Waals surface area contributed by atoms with Gasteiger partial charge in [-0.05, 0) is 48.8 Å². The zero-order valence-electron chi connectivity index (χ0n) is 11.6. The molecule has 0 heterocycles. The molecule has 19 heavy (non-hydrogen) atoms. The molecule has 1 aromatic rings. The van der Waals surface area contributed by atoms with Crippen LogP contribution in [0.15, 0.2) is 24.3 Å². The molecule has 104 valence electrons. The summed E-state index contributed by atoms with van der Waals surface area (Å²) in [5, 5.41) is 8.72. The molecule has 3 atom stereocenters. The molecule has 1 fully saturated rings. The largest absolute Gasteiger partial charge is 0.490 e. The van der Waals surface area contributed by atoms with Crippen molar-refractivity contribution in [1.29, 1.82) is 0 Å². The highest BCUT2D eigenvalue weighted by atomic mass is 16.5. The van der Waals surface area contributed by atoms with E-state index in [-0.39, 0.29) is 6.42 Å². The van der Waals surface area contributed by atoms with Crippen LogP contribution >= 0.6 is 0 Å². The molecule has 0 spiro atoms. The lowest BCUT2D eigenvalue weighted by Gasteiger charge is -2.32. The zero-order chi connectivity index (χ0) is 13.8. The standard InChI is InChI=1S/C16H22O3/c1-11-3-6-15(9-12(11)2)19-14-7-4-13(5-8-14)10-16(17)18/h4-5,7-8,11-12,15H,3,6,9-10H2,1-2H3,(H,17,18). The molecule has 3 nitrogen and oxygen atoms in total. The van der Waals surface area contributed by atoms with Crippen molar-refractivity contribution in [3.8, 4) is 5.75 Å². The number of rotatable bonds is 4. The van der Waals surface area contributed by atoms with Crippen molar-refractivity contribution in [3.63, 3.8) is 0 Å². The Kier molecular flexibility index (Phi) is 4.46. The lowest BCUT2D eigenvalue weighted by atomic mass is 9.80. The van der Waals surface area contributed by atoms with Crippen LogP contribution in [0.2, 0.25) is 0 Å². The number of hydrogen-bond acceptors (Lipinski definition) is 2. The summed E-state index contributed by atoms with van der Waals surface area (Å²) in [5.41, 5.74) is 0.811. The second-order valence-corrected chi connectivity index (χ2v) is 5.72. The summed E-state index contributed by atoms with van der Waals surface area (Å²) in [4.78, 5) is 10.6. The van der Waals surface area contributed by atoms with Gasteiger partial charge < -0.3 is 9.84 Å². The molecule has 1 saturated carbocycles. The maximum Gasteiger partial charge on any atom is 0.307 e. The summed E-state index contributed by atoms with van der Waals surface area (Å²) in [6.45, 7) is 4.59. The van der Waals surface area contributed by atoms with Crippen LogP contribution in [0.25, 0.3) is 0 Å². The fourth-order valence-corrected chi connectivity index (χ4v) is 2.66. The first kappa shape index (κ1) is 13.9. The van der Waals surface area contributed by atoms with Crippen LogP contribution in [-0.2, 0) is 11.2 Å². The third-order valence-corrected chi connectivity index (χ3v) is 4.13. The number of carbonyl (C=O) groups is 1. The Balaban J connectivity index is 1.91. The molecular weight excluding hydrogens is 240 g/mol. The molecule has 1 aliphatic rings. The highest BCUT2D eigenvalue weighted by Gasteiger charge is 2.25. The quantitative estimate of drug-likeness (QED) is 0.903. The van der Waals surface area contributed by atoms with Gasteiger partial charge in [0, 0.05) is 0 Å². The molecule has 1 aliphatic carbocycles. The number of benzene rings is 1. The van der Waals surface area contributed by atoms with Crippen molar-refractivity contribution in [1.82, 2.24) is 0 Å². The van der Waals surface area contributed by atoms with Crippen molar-refractivity contribution < 1.29 is 14.6 Å². The lowest BCUT2D eigenvalue weighted by Crippen LogP contribution is -2.28. The Morgan fingerprint density at radius 2 is 1.89 bits per heavy atom. The third-order valence-electron chi connectivity index (χ3n) is 4.13. The molecule has 0 amide bonds. The van der Waals surface area contributed by atoms with Gasteiger partial charge in [-0.1, -0.05) is 26.0 Å². The number of aliphatic carboxylic acids is 1. The Bertz CT molecular complexity index is 424. The van der Waals surface area contributed by atoms with Crippen LogP contribution in [-0.4, -0.2) is 17.2 Å². The molecule has 1 N–H and O–H groups in total. The van der Waals surface area contributed by atoms with E-state index in [1.54, 1.807) is 0 Å². The van der Waals surface area contributed by atoms with Gasteiger partial charge in [0.05, 0.1) is 12.5 Å². The van der Waals surface area contributed by atoms with E-state index in [0.717, 1.165) is 30.1 Å². The van der Waals surface area contributed by atoms with E-state index in [0.29, 0.717) is 12.0 Å². The number of carboxylic acids is 1. The van der Waals surface area contributed by atoms with Gasteiger partial charge in [-0.15, -0.1) is 0 Å². The van der Waals surface area contributed by atoms with Gasteiger partial charge in [-0.25, -0.2) is 0 Å². The van der Waals surface area contributed by atoms with E-state index in [1.165, 1.54) is 6.42 Å². The second kappa shape index (κ2) is 6.09. The van der Waals surface area contributed by atoms with E-state index >= 15 is 0 Å². The van der Waals surface area contributed by atoms with Crippen molar-refractivity contribution in [2.24, 2.45) is 11.8 Å². The summed E-state index contributed by atoms with van der Waals surface area (Å²) in [6, 6.07) is 7.42. The van der Waals surface area contributed by atoms with E-state index in [1.807, 2.05) is 24.3 Å². The molecular formula is C16H22O3. The Labute approximate surface area is 114 Å². The van der Waals surface area contributed by atoms with Crippen LogP contribution in [0.5, 0.6) is 5.75 Å². The third kappa shape index (κ3) is 3.98. The topological polar surface area (TPSA) is 46.5 Å². The van der Waals surface area contributed by atoms with Crippen LogP contribution in [0, 0.1) is 11.8 Å². The van der Waals surface area contributed by atoms with Crippen molar-refractivity contribution in [2.45, 2.75) is 45.6 Å². The van der Waals surface area contributed by atoms with Gasteiger partial charge in [0.15, 0.2) is 0 Å². The normalized spacial score (nSPS) is 26.9. The minimum atomic E-state index is -0.802. The van der Waals surface area contributed by atoms with Gasteiger partial charge >= 0.3 is 5.97 Å². The Morgan fingerprint density at radius 3 is 2.47 bits per heavy atom. The first-order chi connectivity index (χ1) is 9.04. The first-order valence-corrected chi connectivity index (χ1v) is 7.02. The predicted octanol–water partition coefficient (Wildman–Crippen LogP) is 3.52. The second-order valence-electron chi connectivity index (χ2n) is 5.72. The molecule has 0 saturated heterocycles. The molecule has 0 bridgehead atoms. The van der Waals surface area contributed by atoms with E-state index in [4.69, 9.17) is 9.84 Å². The summed E-state index contributed by atoms with van der Waals surface area (Å²) in [6.07, 6.45) is 3.82. The van der Waals surface area contributed by atoms with Crippen LogP contribution in [0.3, 0.4) is 0 Å². The fraction of sp³-hybridized carbons (Fsp3) is 0.562. The number of carboxylic acid groups (broad SMARTS) is 1. The van der Waals surface area contributed by atoms with Crippen molar-refractivity contribution in [2.75, 3.05) is 0 Å². The minimum Gasteiger partial charge on any atom is -0.490 e. The van der Waals surface area contributed by atoms with Gasteiger partial charge in [-0.3, -0.25) is 4.79 Å². The van der Waals surface area contributed by atoms with Gasteiger partial charge in [0.2, 0.25) is 0 Å². The Hall–Kier alpha value is -1.51. The van der Waals surface area contributed by atoms with E-state index in [2.05, 4.69) is 13.8 Å².